The van der Waals surface area contributed by atoms with E-state index >= 15 is 0 Å². The number of primary amides is 1. The lowest BCUT2D eigenvalue weighted by Gasteiger charge is -2.33. The number of nitrogens with one attached hydrogen (secondary N) is 1. The zero-order chi connectivity index (χ0) is 10.8. The van der Waals surface area contributed by atoms with Crippen molar-refractivity contribution in [1.29, 1.82) is 0 Å². The largest absolute Gasteiger partial charge is 0.372 e. The molecule has 2 saturated heterocycles. The van der Waals surface area contributed by atoms with Gasteiger partial charge in [0, 0.05) is 19.6 Å². The zero-order valence-corrected chi connectivity index (χ0v) is 9.11. The first-order valence-electron chi connectivity index (χ1n) is 5.53. The Labute approximate surface area is 89.9 Å². The third-order valence-electron chi connectivity index (χ3n) is 3.25. The van der Waals surface area contributed by atoms with Crippen LogP contribution in [-0.4, -0.2) is 55.7 Å². The predicted octanol–water partition coefficient (Wildman–Crippen LogP) is -1.08. The summed E-state index contributed by atoms with van der Waals surface area (Å²) < 4.78 is 5.72. The average Bonchev–Trinajstić information content (AvgIpc) is 2.54. The third kappa shape index (κ3) is 2.48. The number of rotatable bonds is 4. The van der Waals surface area contributed by atoms with E-state index in [9.17, 15) is 4.79 Å². The Morgan fingerprint density at radius 3 is 2.60 bits per heavy atom. The fourth-order valence-corrected chi connectivity index (χ4v) is 2.43. The number of nitrogens with zero attached hydrogens (tertiary/aromatic N) is 1. The van der Waals surface area contributed by atoms with Crippen molar-refractivity contribution in [3.05, 3.63) is 0 Å². The minimum atomic E-state index is -0.281. The van der Waals surface area contributed by atoms with Crippen molar-refractivity contribution in [2.75, 3.05) is 26.7 Å². The van der Waals surface area contributed by atoms with E-state index < -0.39 is 0 Å². The Bertz CT molecular complexity index is 235. The minimum Gasteiger partial charge on any atom is -0.372 e. The lowest BCUT2D eigenvalue weighted by molar-refractivity contribution is -0.121. The summed E-state index contributed by atoms with van der Waals surface area (Å²) >= 11 is 0. The van der Waals surface area contributed by atoms with Crippen LogP contribution in [0.4, 0.5) is 0 Å². The predicted molar refractivity (Wildman–Crippen MR) is 56.4 cm³/mol. The number of nitrogens with two attached hydrogens (primary N) is 1. The van der Waals surface area contributed by atoms with Gasteiger partial charge in [0.2, 0.25) is 5.91 Å². The monoisotopic (exact) mass is 213 g/mol. The van der Waals surface area contributed by atoms with Crippen LogP contribution in [0.15, 0.2) is 0 Å². The van der Waals surface area contributed by atoms with Crippen molar-refractivity contribution < 1.29 is 9.53 Å². The molecule has 2 aliphatic heterocycles. The van der Waals surface area contributed by atoms with Gasteiger partial charge in [-0.25, -0.2) is 0 Å². The Kier molecular flexibility index (Phi) is 3.23. The van der Waals surface area contributed by atoms with Gasteiger partial charge in [-0.2, -0.15) is 0 Å². The van der Waals surface area contributed by atoms with Crippen LogP contribution in [-0.2, 0) is 9.53 Å². The first-order chi connectivity index (χ1) is 7.19. The van der Waals surface area contributed by atoms with Crippen LogP contribution in [0.2, 0.25) is 0 Å². The van der Waals surface area contributed by atoms with Gasteiger partial charge in [0.1, 0.15) is 0 Å². The summed E-state index contributed by atoms with van der Waals surface area (Å²) in [6.45, 7) is 2.56. The van der Waals surface area contributed by atoms with E-state index in [4.69, 9.17) is 10.5 Å². The highest BCUT2D eigenvalue weighted by molar-refractivity contribution is 5.80. The molecule has 2 aliphatic rings. The van der Waals surface area contributed by atoms with Gasteiger partial charge in [0.15, 0.2) is 0 Å². The SMILES string of the molecule is CNC(CN1CC2CCC(C1)O2)C(N)=O. The molecule has 0 aliphatic carbocycles. The summed E-state index contributed by atoms with van der Waals surface area (Å²) in [6.07, 6.45) is 3.05. The molecule has 0 spiro atoms. The number of morpholine rings is 1. The van der Waals surface area contributed by atoms with Gasteiger partial charge in [-0.1, -0.05) is 0 Å². The van der Waals surface area contributed by atoms with E-state index in [2.05, 4.69) is 10.2 Å². The number of likely N-dealkylation sites (N-methyl/N-ethyl adjacent to an activating group) is 1. The van der Waals surface area contributed by atoms with Gasteiger partial charge in [0.25, 0.3) is 0 Å². The summed E-state index contributed by atoms with van der Waals surface area (Å²) in [6, 6.07) is -0.248. The van der Waals surface area contributed by atoms with Crippen LogP contribution in [0.1, 0.15) is 12.8 Å². The molecular formula is C10H19N3O2. The number of amides is 1. The van der Waals surface area contributed by atoms with Crippen molar-refractivity contribution in [1.82, 2.24) is 10.2 Å². The molecule has 2 bridgehead atoms. The molecule has 2 rings (SSSR count). The van der Waals surface area contributed by atoms with Gasteiger partial charge < -0.3 is 15.8 Å². The average molecular weight is 213 g/mol. The minimum absolute atomic E-state index is 0.248. The molecular weight excluding hydrogens is 194 g/mol. The quantitative estimate of drug-likeness (QED) is 0.623. The number of hydrogen-bond donors (Lipinski definition) is 2. The van der Waals surface area contributed by atoms with Gasteiger partial charge in [0.05, 0.1) is 18.2 Å². The van der Waals surface area contributed by atoms with Crippen molar-refractivity contribution >= 4 is 5.91 Å². The molecule has 0 aromatic rings. The van der Waals surface area contributed by atoms with E-state index in [1.54, 1.807) is 7.05 Å². The molecule has 2 fully saturated rings. The molecule has 0 saturated carbocycles. The Balaban J connectivity index is 1.86. The van der Waals surface area contributed by atoms with E-state index in [1.165, 1.54) is 0 Å². The first-order valence-corrected chi connectivity index (χ1v) is 5.53. The Morgan fingerprint density at radius 2 is 2.13 bits per heavy atom. The van der Waals surface area contributed by atoms with Crippen LogP contribution in [0.3, 0.4) is 0 Å². The van der Waals surface area contributed by atoms with Gasteiger partial charge in [-0.15, -0.1) is 0 Å². The molecule has 1 amide bonds. The standard InChI is InChI=1S/C10H19N3O2/c1-12-9(10(11)14)6-13-4-7-2-3-8(5-13)15-7/h7-9,12H,2-6H2,1H3,(H2,11,14). The number of carbonyl (C=O) groups is 1. The number of fused-ring (bicyclic) bond motifs is 2. The van der Waals surface area contributed by atoms with Gasteiger partial charge in [-0.3, -0.25) is 9.69 Å². The highest BCUT2D eigenvalue weighted by atomic mass is 16.5. The molecule has 15 heavy (non-hydrogen) atoms. The van der Waals surface area contributed by atoms with E-state index in [-0.39, 0.29) is 11.9 Å². The lowest BCUT2D eigenvalue weighted by Crippen LogP contribution is -2.52. The van der Waals surface area contributed by atoms with Crippen molar-refractivity contribution in [2.45, 2.75) is 31.1 Å². The summed E-state index contributed by atoms with van der Waals surface area (Å²) in [5.41, 5.74) is 5.29. The maximum Gasteiger partial charge on any atom is 0.235 e. The second kappa shape index (κ2) is 4.47. The number of hydrogen-bond acceptors (Lipinski definition) is 4. The van der Waals surface area contributed by atoms with Crippen LogP contribution in [0, 0.1) is 0 Å². The number of likely N-dealkylation sites (tertiary alicyclic amines) is 1. The second-order valence-corrected chi connectivity index (χ2v) is 4.42. The molecule has 5 nitrogen and oxygen atoms in total. The number of ether oxygens (including phenoxy) is 1. The topological polar surface area (TPSA) is 67.6 Å². The van der Waals surface area contributed by atoms with Crippen LogP contribution in [0.25, 0.3) is 0 Å². The molecule has 0 aromatic carbocycles. The normalized spacial score (nSPS) is 32.9. The molecule has 2 heterocycles. The molecule has 5 heteroatoms. The molecule has 3 atom stereocenters. The Morgan fingerprint density at radius 1 is 1.53 bits per heavy atom. The van der Waals surface area contributed by atoms with E-state index in [0.29, 0.717) is 18.8 Å². The lowest BCUT2D eigenvalue weighted by atomic mass is 10.2. The molecule has 86 valence electrons. The second-order valence-electron chi connectivity index (χ2n) is 4.42. The molecule has 3 unspecified atom stereocenters. The van der Waals surface area contributed by atoms with Gasteiger partial charge >= 0.3 is 0 Å². The molecule has 0 radical (unpaired) electrons. The Hall–Kier alpha value is -0.650. The summed E-state index contributed by atoms with van der Waals surface area (Å²) in [5.74, 6) is -0.281. The highest BCUT2D eigenvalue weighted by Crippen LogP contribution is 2.26. The van der Waals surface area contributed by atoms with Crippen molar-refractivity contribution in [3.8, 4) is 0 Å². The summed E-state index contributed by atoms with van der Waals surface area (Å²) in [5, 5.41) is 2.94. The van der Waals surface area contributed by atoms with E-state index in [1.807, 2.05) is 0 Å². The summed E-state index contributed by atoms with van der Waals surface area (Å²) in [4.78, 5) is 13.4. The maximum absolute atomic E-state index is 11.1. The van der Waals surface area contributed by atoms with Gasteiger partial charge in [-0.05, 0) is 19.9 Å². The zero-order valence-electron chi connectivity index (χ0n) is 9.11. The fourth-order valence-electron chi connectivity index (χ4n) is 2.43. The van der Waals surface area contributed by atoms with E-state index in [0.717, 1.165) is 25.9 Å². The first kappa shape index (κ1) is 10.9. The maximum atomic E-state index is 11.1. The number of carbonyl (C=O) groups excluding carboxylic acids is 1. The fraction of sp³-hybridized carbons (Fsp3) is 0.900. The third-order valence-corrected chi connectivity index (χ3v) is 3.25. The summed E-state index contributed by atoms with van der Waals surface area (Å²) in [7, 11) is 1.77. The van der Waals surface area contributed by atoms with Crippen molar-refractivity contribution in [3.63, 3.8) is 0 Å². The smallest absolute Gasteiger partial charge is 0.235 e. The van der Waals surface area contributed by atoms with Crippen LogP contribution < -0.4 is 11.1 Å². The highest BCUT2D eigenvalue weighted by Gasteiger charge is 2.34. The van der Waals surface area contributed by atoms with Crippen molar-refractivity contribution in [2.24, 2.45) is 5.73 Å². The molecule has 3 N–H and O–H groups in total. The molecule has 0 aromatic heterocycles. The van der Waals surface area contributed by atoms with Crippen LogP contribution >= 0.6 is 0 Å². The van der Waals surface area contributed by atoms with Crippen LogP contribution in [0.5, 0.6) is 0 Å².